The Kier molecular flexibility index (Phi) is 6.93. The number of aromatic nitrogens is 1. The highest BCUT2D eigenvalue weighted by Crippen LogP contribution is 2.50. The molecule has 0 saturated heterocycles. The molecule has 0 radical (unpaired) electrons. The van der Waals surface area contributed by atoms with Crippen LogP contribution >= 0.6 is 11.3 Å². The average Bonchev–Trinajstić information content (AvgIpc) is 3.61. The first-order valence-electron chi connectivity index (χ1n) is 16.4. The van der Waals surface area contributed by atoms with Crippen molar-refractivity contribution < 1.29 is 0 Å². The van der Waals surface area contributed by atoms with Crippen LogP contribution in [0.4, 0.5) is 17.1 Å². The Labute approximate surface area is 282 Å². The molecule has 0 saturated carbocycles. The van der Waals surface area contributed by atoms with Gasteiger partial charge in [0.05, 0.1) is 10.2 Å². The van der Waals surface area contributed by atoms with Crippen molar-refractivity contribution >= 4 is 38.6 Å². The van der Waals surface area contributed by atoms with E-state index in [9.17, 15) is 0 Å². The zero-order valence-electron chi connectivity index (χ0n) is 27.6. The zero-order valence-corrected chi connectivity index (χ0v) is 28.4. The van der Waals surface area contributed by atoms with Crippen LogP contribution in [-0.2, 0) is 10.8 Å². The molecule has 3 heteroatoms. The molecule has 0 aliphatic heterocycles. The first-order valence-corrected chi connectivity index (χ1v) is 17.2. The third-order valence-electron chi connectivity index (χ3n) is 9.69. The first kappa shape index (κ1) is 29.4. The molecule has 1 aliphatic rings. The number of benzene rings is 6. The molecule has 0 amide bonds. The van der Waals surface area contributed by atoms with Gasteiger partial charge in [0, 0.05) is 28.0 Å². The number of nitrogens with zero attached hydrogens (tertiary/aromatic N) is 2. The smallest absolute Gasteiger partial charge is 0.124 e. The molecule has 230 valence electrons. The fraction of sp³-hybridized carbons (Fsp3) is 0.159. The molecule has 1 aliphatic carbocycles. The Hall–Kier alpha value is -4.99. The largest absolute Gasteiger partial charge is 0.310 e. The van der Waals surface area contributed by atoms with Gasteiger partial charge >= 0.3 is 0 Å². The third kappa shape index (κ3) is 5.16. The number of hydrogen-bond acceptors (Lipinski definition) is 3. The minimum atomic E-state index is -0.0759. The summed E-state index contributed by atoms with van der Waals surface area (Å²) in [5.41, 5.74) is 14.7. The summed E-state index contributed by atoms with van der Waals surface area (Å²) in [5, 5.41) is 1.04. The maximum Gasteiger partial charge on any atom is 0.124 e. The van der Waals surface area contributed by atoms with Crippen LogP contribution in [0.15, 0.2) is 140 Å². The molecule has 0 fully saturated rings. The Morgan fingerprint density at radius 2 is 1.15 bits per heavy atom. The van der Waals surface area contributed by atoms with E-state index in [2.05, 4.69) is 179 Å². The summed E-state index contributed by atoms with van der Waals surface area (Å²) in [7, 11) is 0. The van der Waals surface area contributed by atoms with Gasteiger partial charge in [-0.2, -0.15) is 0 Å². The fourth-order valence-electron chi connectivity index (χ4n) is 7.00. The predicted molar refractivity (Wildman–Crippen MR) is 201 cm³/mol. The first-order chi connectivity index (χ1) is 22.7. The lowest BCUT2D eigenvalue weighted by atomic mass is 9.82. The van der Waals surface area contributed by atoms with Gasteiger partial charge in [-0.25, -0.2) is 4.98 Å². The van der Waals surface area contributed by atoms with Crippen molar-refractivity contribution in [3.8, 4) is 32.8 Å². The maximum atomic E-state index is 5.16. The molecule has 0 unspecified atom stereocenters. The molecule has 6 aromatic carbocycles. The fourth-order valence-corrected chi connectivity index (χ4v) is 7.95. The third-order valence-corrected chi connectivity index (χ3v) is 10.8. The Bertz CT molecular complexity index is 2230. The molecular formula is C44H38N2S. The Balaban J connectivity index is 1.21. The molecule has 0 atom stereocenters. The quantitative estimate of drug-likeness (QED) is 0.189. The lowest BCUT2D eigenvalue weighted by Crippen LogP contribution is -2.17. The van der Waals surface area contributed by atoms with E-state index in [0.717, 1.165) is 33.1 Å². The summed E-state index contributed by atoms with van der Waals surface area (Å²) < 4.78 is 1.18. The van der Waals surface area contributed by atoms with Crippen molar-refractivity contribution in [1.82, 2.24) is 4.98 Å². The normalized spacial score (nSPS) is 13.4. The van der Waals surface area contributed by atoms with Crippen molar-refractivity contribution in [1.29, 1.82) is 0 Å². The summed E-state index contributed by atoms with van der Waals surface area (Å²) >= 11 is 1.75. The Morgan fingerprint density at radius 3 is 1.89 bits per heavy atom. The van der Waals surface area contributed by atoms with Gasteiger partial charge in [0.15, 0.2) is 0 Å². The topological polar surface area (TPSA) is 16.1 Å². The van der Waals surface area contributed by atoms with Gasteiger partial charge in [0.2, 0.25) is 0 Å². The lowest BCUT2D eigenvalue weighted by molar-refractivity contribution is 0.590. The predicted octanol–water partition coefficient (Wildman–Crippen LogP) is 12.7. The van der Waals surface area contributed by atoms with Crippen LogP contribution in [0.2, 0.25) is 0 Å². The Morgan fingerprint density at radius 1 is 0.553 bits per heavy atom. The van der Waals surface area contributed by atoms with Gasteiger partial charge < -0.3 is 4.90 Å². The van der Waals surface area contributed by atoms with E-state index >= 15 is 0 Å². The summed E-state index contributed by atoms with van der Waals surface area (Å²) in [4.78, 5) is 7.55. The molecule has 47 heavy (non-hydrogen) atoms. The monoisotopic (exact) mass is 626 g/mol. The molecule has 7 aromatic rings. The van der Waals surface area contributed by atoms with Crippen molar-refractivity contribution in [3.05, 3.63) is 156 Å². The summed E-state index contributed by atoms with van der Waals surface area (Å²) in [5.74, 6) is 0. The standard InChI is InChI=1S/C44H38N2S/c1-43(2,3)32-19-21-33(22-20-32)46(34-23-25-37-36-13-9-10-14-38(36)44(4,5)39(37)27-34)35-24-26-41-40(28-35)45-42(47-41)31-17-15-30(16-18-31)29-11-7-6-8-12-29/h6-28H,1-5H3. The molecule has 1 heterocycles. The van der Waals surface area contributed by atoms with E-state index < -0.39 is 0 Å². The van der Waals surface area contributed by atoms with Gasteiger partial charge in [-0.05, 0) is 86.8 Å². The van der Waals surface area contributed by atoms with Gasteiger partial charge in [-0.15, -0.1) is 11.3 Å². The second kappa shape index (κ2) is 11.1. The van der Waals surface area contributed by atoms with Crippen molar-refractivity contribution in [3.63, 3.8) is 0 Å². The molecule has 8 rings (SSSR count). The highest BCUT2D eigenvalue weighted by atomic mass is 32.1. The number of anilines is 3. The van der Waals surface area contributed by atoms with Crippen LogP contribution in [-0.4, -0.2) is 4.98 Å². The van der Waals surface area contributed by atoms with Crippen molar-refractivity contribution in [2.45, 2.75) is 45.4 Å². The second-order valence-corrected chi connectivity index (χ2v) is 15.2. The van der Waals surface area contributed by atoms with Gasteiger partial charge in [-0.3, -0.25) is 0 Å². The van der Waals surface area contributed by atoms with Crippen LogP contribution in [0.1, 0.15) is 51.3 Å². The van der Waals surface area contributed by atoms with Crippen molar-refractivity contribution in [2.24, 2.45) is 0 Å². The minimum absolute atomic E-state index is 0.0759. The molecule has 0 spiro atoms. The summed E-state index contributed by atoms with van der Waals surface area (Å²) in [6.45, 7) is 11.5. The number of hydrogen-bond donors (Lipinski definition) is 0. The van der Waals surface area contributed by atoms with E-state index in [1.54, 1.807) is 11.3 Å². The highest BCUT2D eigenvalue weighted by Gasteiger charge is 2.35. The van der Waals surface area contributed by atoms with E-state index in [1.165, 1.54) is 43.6 Å². The van der Waals surface area contributed by atoms with E-state index in [0.29, 0.717) is 0 Å². The van der Waals surface area contributed by atoms with Crippen LogP contribution < -0.4 is 4.90 Å². The SMILES string of the molecule is CC(C)(C)c1ccc(N(c2ccc3c(c2)C(C)(C)c2ccccc2-3)c2ccc3sc(-c4ccc(-c5ccccc5)cc4)nc3c2)cc1. The van der Waals surface area contributed by atoms with E-state index in [4.69, 9.17) is 4.98 Å². The molecular weight excluding hydrogens is 589 g/mol. The van der Waals surface area contributed by atoms with Gasteiger partial charge in [-0.1, -0.05) is 132 Å². The summed E-state index contributed by atoms with van der Waals surface area (Å²) in [6.07, 6.45) is 0. The minimum Gasteiger partial charge on any atom is -0.310 e. The van der Waals surface area contributed by atoms with Crippen molar-refractivity contribution in [2.75, 3.05) is 4.90 Å². The number of thiazole rings is 1. The van der Waals surface area contributed by atoms with Crippen LogP contribution in [0, 0.1) is 0 Å². The van der Waals surface area contributed by atoms with Gasteiger partial charge in [0.25, 0.3) is 0 Å². The van der Waals surface area contributed by atoms with E-state index in [1.807, 2.05) is 0 Å². The zero-order chi connectivity index (χ0) is 32.3. The second-order valence-electron chi connectivity index (χ2n) is 14.1. The van der Waals surface area contributed by atoms with Crippen LogP contribution in [0.3, 0.4) is 0 Å². The lowest BCUT2D eigenvalue weighted by Gasteiger charge is -2.29. The molecule has 0 bridgehead atoms. The summed E-state index contributed by atoms with van der Waals surface area (Å²) in [6, 6.07) is 50.9. The number of fused-ring (bicyclic) bond motifs is 4. The molecule has 2 nitrogen and oxygen atoms in total. The highest BCUT2D eigenvalue weighted by molar-refractivity contribution is 7.21. The maximum absolute atomic E-state index is 5.16. The number of rotatable bonds is 5. The van der Waals surface area contributed by atoms with E-state index in [-0.39, 0.29) is 10.8 Å². The molecule has 1 aromatic heterocycles. The van der Waals surface area contributed by atoms with Crippen LogP contribution in [0.5, 0.6) is 0 Å². The van der Waals surface area contributed by atoms with Gasteiger partial charge in [0.1, 0.15) is 5.01 Å². The molecule has 0 N–H and O–H groups in total. The van der Waals surface area contributed by atoms with Crippen LogP contribution in [0.25, 0.3) is 43.0 Å². The average molecular weight is 627 g/mol.